The Kier molecular flexibility index (Phi) is 4.20. The normalized spacial score (nSPS) is 13.5. The molecule has 128 valence electrons. The molecule has 0 saturated carbocycles. The van der Waals surface area contributed by atoms with Crippen molar-refractivity contribution in [1.82, 2.24) is 14.8 Å². The highest BCUT2D eigenvalue weighted by atomic mass is 35.5. The lowest BCUT2D eigenvalue weighted by atomic mass is 10.1. The predicted molar refractivity (Wildman–Crippen MR) is 91.4 cm³/mol. The first-order chi connectivity index (χ1) is 12.1. The van der Waals surface area contributed by atoms with Crippen molar-refractivity contribution < 1.29 is 13.9 Å². The van der Waals surface area contributed by atoms with E-state index in [2.05, 4.69) is 15.4 Å². The lowest BCUT2D eigenvalue weighted by molar-refractivity contribution is 0.0988. The fraction of sp³-hybridized carbons (Fsp3) is 0.188. The number of fused-ring (bicyclic) bond motifs is 1. The zero-order chi connectivity index (χ0) is 17.4. The van der Waals surface area contributed by atoms with Crippen molar-refractivity contribution in [3.8, 4) is 5.82 Å². The molecule has 0 radical (unpaired) electrons. The van der Waals surface area contributed by atoms with E-state index in [-0.39, 0.29) is 5.91 Å². The van der Waals surface area contributed by atoms with Gasteiger partial charge in [-0.2, -0.15) is 5.10 Å². The summed E-state index contributed by atoms with van der Waals surface area (Å²) in [5, 5.41) is 7.71. The fourth-order valence-electron chi connectivity index (χ4n) is 2.63. The average molecular weight is 379 g/mol. The fourth-order valence-corrected chi connectivity index (χ4v) is 3.09. The number of hydrogen-bond acceptors (Lipinski definition) is 5. The SMILES string of the molecule is O=C(Nc1cnn(-c2ncc(Cl)cc2Cl)c1)c1occ2c1CCOC2. The minimum absolute atomic E-state index is 0.300. The molecule has 0 bridgehead atoms. The quantitative estimate of drug-likeness (QED) is 0.753. The van der Waals surface area contributed by atoms with Gasteiger partial charge in [0.1, 0.15) is 0 Å². The summed E-state index contributed by atoms with van der Waals surface area (Å²) in [6.07, 6.45) is 6.80. The molecule has 25 heavy (non-hydrogen) atoms. The molecule has 3 aromatic rings. The standard InChI is InChI=1S/C16H12Cl2N4O3/c17-10-3-13(18)15(19-4-10)22-6-11(5-20-22)21-16(23)14-12-1-2-24-7-9(12)8-25-14/h3-6,8H,1-2,7H2,(H,21,23). The molecule has 4 heterocycles. The van der Waals surface area contributed by atoms with E-state index in [1.807, 2.05) is 0 Å². The Bertz CT molecular complexity index is 951. The number of halogens is 2. The molecular formula is C16H12Cl2N4O3. The zero-order valence-electron chi connectivity index (χ0n) is 12.8. The monoisotopic (exact) mass is 378 g/mol. The summed E-state index contributed by atoms with van der Waals surface area (Å²) < 4.78 is 12.2. The molecule has 0 unspecified atom stereocenters. The first-order valence-electron chi connectivity index (χ1n) is 7.46. The molecule has 0 aromatic carbocycles. The van der Waals surface area contributed by atoms with Crippen molar-refractivity contribution in [1.29, 1.82) is 0 Å². The van der Waals surface area contributed by atoms with Crippen LogP contribution in [0.4, 0.5) is 5.69 Å². The van der Waals surface area contributed by atoms with E-state index in [4.69, 9.17) is 32.4 Å². The van der Waals surface area contributed by atoms with Crippen molar-refractivity contribution >= 4 is 34.8 Å². The number of amides is 1. The van der Waals surface area contributed by atoms with Gasteiger partial charge in [-0.3, -0.25) is 4.79 Å². The van der Waals surface area contributed by atoms with Gasteiger partial charge in [-0.05, 0) is 6.07 Å². The first kappa shape index (κ1) is 16.1. The highest BCUT2D eigenvalue weighted by molar-refractivity contribution is 6.35. The third-order valence-corrected chi connectivity index (χ3v) is 4.27. The molecule has 0 aliphatic carbocycles. The van der Waals surface area contributed by atoms with Crippen LogP contribution in [0.5, 0.6) is 0 Å². The van der Waals surface area contributed by atoms with Crippen LogP contribution in [0.25, 0.3) is 5.82 Å². The van der Waals surface area contributed by atoms with Crippen molar-refractivity contribution in [3.63, 3.8) is 0 Å². The number of pyridine rings is 1. The molecule has 0 saturated heterocycles. The van der Waals surface area contributed by atoms with E-state index in [9.17, 15) is 4.79 Å². The van der Waals surface area contributed by atoms with Crippen LogP contribution < -0.4 is 5.32 Å². The van der Waals surface area contributed by atoms with E-state index < -0.39 is 0 Å². The number of nitrogens with one attached hydrogen (secondary N) is 1. The molecule has 0 atom stereocenters. The van der Waals surface area contributed by atoms with Crippen LogP contribution in [0, 0.1) is 0 Å². The van der Waals surface area contributed by atoms with Crippen LogP contribution in [0.2, 0.25) is 10.0 Å². The van der Waals surface area contributed by atoms with Gasteiger partial charge in [0.15, 0.2) is 11.6 Å². The smallest absolute Gasteiger partial charge is 0.291 e. The average Bonchev–Trinajstić information content (AvgIpc) is 3.21. The van der Waals surface area contributed by atoms with Crippen LogP contribution in [-0.4, -0.2) is 27.3 Å². The molecule has 1 N–H and O–H groups in total. The number of furan rings is 1. The van der Waals surface area contributed by atoms with Gasteiger partial charge >= 0.3 is 0 Å². The van der Waals surface area contributed by atoms with Gasteiger partial charge in [-0.15, -0.1) is 0 Å². The lowest BCUT2D eigenvalue weighted by Gasteiger charge is -2.11. The van der Waals surface area contributed by atoms with Crippen molar-refractivity contribution in [2.75, 3.05) is 11.9 Å². The Morgan fingerprint density at radius 2 is 2.20 bits per heavy atom. The van der Waals surface area contributed by atoms with Gasteiger partial charge in [0, 0.05) is 23.7 Å². The number of ether oxygens (including phenoxy) is 1. The van der Waals surface area contributed by atoms with Crippen LogP contribution in [0.1, 0.15) is 21.7 Å². The van der Waals surface area contributed by atoms with Crippen LogP contribution in [0.15, 0.2) is 35.3 Å². The number of hydrogen-bond donors (Lipinski definition) is 1. The first-order valence-corrected chi connectivity index (χ1v) is 8.22. The van der Waals surface area contributed by atoms with E-state index >= 15 is 0 Å². The second kappa shape index (κ2) is 6.51. The largest absolute Gasteiger partial charge is 0.458 e. The Morgan fingerprint density at radius 1 is 1.32 bits per heavy atom. The zero-order valence-corrected chi connectivity index (χ0v) is 14.3. The molecule has 1 aliphatic rings. The van der Waals surface area contributed by atoms with Crippen LogP contribution in [-0.2, 0) is 17.8 Å². The third-order valence-electron chi connectivity index (χ3n) is 3.79. The van der Waals surface area contributed by atoms with Crippen molar-refractivity contribution in [2.45, 2.75) is 13.0 Å². The molecule has 1 aliphatic heterocycles. The van der Waals surface area contributed by atoms with Gasteiger partial charge in [-0.25, -0.2) is 9.67 Å². The van der Waals surface area contributed by atoms with E-state index in [1.165, 1.54) is 17.1 Å². The number of carbonyl (C=O) groups is 1. The molecule has 3 aromatic heterocycles. The summed E-state index contributed by atoms with van der Waals surface area (Å²) in [7, 11) is 0. The molecular weight excluding hydrogens is 367 g/mol. The molecule has 0 fully saturated rings. The Hall–Kier alpha value is -2.35. The Labute approximate surface area is 152 Å². The Balaban J connectivity index is 1.55. The van der Waals surface area contributed by atoms with Gasteiger partial charge in [-0.1, -0.05) is 23.2 Å². The highest BCUT2D eigenvalue weighted by Gasteiger charge is 2.23. The van der Waals surface area contributed by atoms with Gasteiger partial charge in [0.05, 0.1) is 47.6 Å². The number of nitrogens with zero attached hydrogens (tertiary/aromatic N) is 3. The summed E-state index contributed by atoms with van der Waals surface area (Å²) in [5.74, 6) is 0.380. The topological polar surface area (TPSA) is 82.2 Å². The highest BCUT2D eigenvalue weighted by Crippen LogP contribution is 2.25. The molecule has 9 heteroatoms. The second-order valence-corrected chi connectivity index (χ2v) is 6.30. The predicted octanol–water partition coefficient (Wildman–Crippen LogP) is 3.49. The summed E-state index contributed by atoms with van der Waals surface area (Å²) in [5.41, 5.74) is 2.29. The summed E-state index contributed by atoms with van der Waals surface area (Å²) >= 11 is 12.0. The van der Waals surface area contributed by atoms with E-state index in [1.54, 1.807) is 18.5 Å². The second-order valence-electron chi connectivity index (χ2n) is 5.46. The van der Waals surface area contributed by atoms with Gasteiger partial charge in [0.25, 0.3) is 5.91 Å². The lowest BCUT2D eigenvalue weighted by Crippen LogP contribution is -2.16. The minimum Gasteiger partial charge on any atom is -0.458 e. The maximum absolute atomic E-state index is 12.5. The molecule has 1 amide bonds. The third kappa shape index (κ3) is 3.13. The van der Waals surface area contributed by atoms with E-state index in [0.717, 1.165) is 11.1 Å². The number of rotatable bonds is 3. The van der Waals surface area contributed by atoms with E-state index in [0.29, 0.717) is 46.9 Å². The summed E-state index contributed by atoms with van der Waals surface area (Å²) in [6, 6.07) is 1.57. The van der Waals surface area contributed by atoms with Gasteiger partial charge in [0.2, 0.25) is 0 Å². The number of aromatic nitrogens is 3. The Morgan fingerprint density at radius 3 is 3.04 bits per heavy atom. The van der Waals surface area contributed by atoms with Gasteiger partial charge < -0.3 is 14.5 Å². The van der Waals surface area contributed by atoms with Crippen LogP contribution >= 0.6 is 23.2 Å². The van der Waals surface area contributed by atoms with Crippen molar-refractivity contribution in [3.05, 3.63) is 57.9 Å². The minimum atomic E-state index is -0.335. The molecule has 0 spiro atoms. The molecule has 7 nitrogen and oxygen atoms in total. The number of anilines is 1. The maximum atomic E-state index is 12.5. The maximum Gasteiger partial charge on any atom is 0.291 e. The van der Waals surface area contributed by atoms with Crippen molar-refractivity contribution in [2.24, 2.45) is 0 Å². The number of carbonyl (C=O) groups excluding carboxylic acids is 1. The summed E-state index contributed by atoms with van der Waals surface area (Å²) in [6.45, 7) is 1.04. The van der Waals surface area contributed by atoms with Crippen LogP contribution in [0.3, 0.4) is 0 Å². The summed E-state index contributed by atoms with van der Waals surface area (Å²) in [4.78, 5) is 16.6. The molecule has 4 rings (SSSR count).